The number of hydrogen-bond acceptors (Lipinski definition) is 4. The third-order valence-corrected chi connectivity index (χ3v) is 7.26. The average molecular weight is 493 g/mol. The Bertz CT molecular complexity index is 1620. The topological polar surface area (TPSA) is 59.7 Å². The number of benzene rings is 4. The summed E-state index contributed by atoms with van der Waals surface area (Å²) in [7, 11) is 0. The van der Waals surface area contributed by atoms with Gasteiger partial charge < -0.3 is 14.3 Å². The van der Waals surface area contributed by atoms with E-state index in [0.717, 1.165) is 34.4 Å². The zero-order valence-electron chi connectivity index (χ0n) is 20.1. The minimum absolute atomic E-state index is 0.00292. The second-order valence-corrected chi connectivity index (χ2v) is 9.52. The van der Waals surface area contributed by atoms with E-state index >= 15 is 0 Å². The van der Waals surface area contributed by atoms with Gasteiger partial charge in [0.1, 0.15) is 29.5 Å². The largest absolute Gasteiger partial charge is 0.507 e. The number of hydrogen-bond donors (Lipinski definition) is 1. The molecule has 5 aromatic rings. The fraction of sp³-hybridized carbons (Fsp3) is 0.156. The second kappa shape index (κ2) is 9.58. The van der Waals surface area contributed by atoms with Crippen LogP contribution in [-0.4, -0.2) is 5.11 Å². The summed E-state index contributed by atoms with van der Waals surface area (Å²) in [5.41, 5.74) is 4.44. The van der Waals surface area contributed by atoms with E-state index in [1.165, 1.54) is 12.1 Å². The Balaban J connectivity index is 1.30. The van der Waals surface area contributed by atoms with Crippen molar-refractivity contribution in [1.29, 1.82) is 0 Å². The summed E-state index contributed by atoms with van der Waals surface area (Å²) in [5.74, 6) is 0.322. The van der Waals surface area contributed by atoms with E-state index in [9.17, 15) is 14.3 Å². The summed E-state index contributed by atoms with van der Waals surface area (Å²) in [4.78, 5) is 13.1. The van der Waals surface area contributed by atoms with Gasteiger partial charge in [-0.15, -0.1) is 0 Å². The molecule has 0 radical (unpaired) electrons. The smallest absolute Gasteiger partial charge is 0.343 e. The molecule has 4 aromatic carbocycles. The predicted molar refractivity (Wildman–Crippen MR) is 141 cm³/mol. The molecule has 37 heavy (non-hydrogen) atoms. The minimum atomic E-state index is -0.499. The summed E-state index contributed by atoms with van der Waals surface area (Å²) in [6, 6.07) is 29.4. The van der Waals surface area contributed by atoms with Crippen LogP contribution < -0.4 is 10.4 Å². The molecule has 0 bridgehead atoms. The van der Waals surface area contributed by atoms with Crippen LogP contribution in [-0.2, 0) is 13.0 Å². The van der Waals surface area contributed by atoms with Crippen molar-refractivity contribution in [2.75, 3.05) is 0 Å². The van der Waals surface area contributed by atoms with Crippen LogP contribution >= 0.6 is 0 Å². The maximum absolute atomic E-state index is 13.1. The fourth-order valence-corrected chi connectivity index (χ4v) is 5.39. The number of para-hydroxylation sites is 1. The summed E-state index contributed by atoms with van der Waals surface area (Å²) < 4.78 is 24.6. The summed E-state index contributed by atoms with van der Waals surface area (Å²) in [6.07, 6.45) is 1.51. The molecular formula is C32H25FO4. The van der Waals surface area contributed by atoms with Gasteiger partial charge in [0, 0.05) is 5.92 Å². The molecule has 5 heteroatoms. The molecule has 1 aliphatic carbocycles. The first-order valence-corrected chi connectivity index (χ1v) is 12.4. The van der Waals surface area contributed by atoms with Gasteiger partial charge in [-0.2, -0.15) is 0 Å². The molecule has 184 valence electrons. The van der Waals surface area contributed by atoms with Crippen molar-refractivity contribution in [3.8, 4) is 11.5 Å². The molecule has 1 N–H and O–H groups in total. The monoisotopic (exact) mass is 492 g/mol. The van der Waals surface area contributed by atoms with Gasteiger partial charge in [0.2, 0.25) is 0 Å². The van der Waals surface area contributed by atoms with Crippen LogP contribution in [0.15, 0.2) is 106 Å². The van der Waals surface area contributed by atoms with Gasteiger partial charge in [0.25, 0.3) is 0 Å². The first kappa shape index (κ1) is 23.0. The molecule has 0 aliphatic heterocycles. The van der Waals surface area contributed by atoms with Crippen molar-refractivity contribution in [1.82, 2.24) is 0 Å². The van der Waals surface area contributed by atoms with Crippen LogP contribution in [0.4, 0.5) is 4.39 Å². The van der Waals surface area contributed by atoms with Crippen molar-refractivity contribution in [2.24, 2.45) is 0 Å². The van der Waals surface area contributed by atoms with Gasteiger partial charge >= 0.3 is 5.63 Å². The predicted octanol–water partition coefficient (Wildman–Crippen LogP) is 7.08. The average Bonchev–Trinajstić information content (AvgIpc) is 2.93. The standard InChI is InChI=1S/C32H25FO4/c33-24-13-9-20(10-14-24)19-36-25-15-11-21(12-16-25)23-17-22-5-1-2-6-26(22)28(18-23)30-31(34)27-7-3-4-8-29(27)37-32(30)35/h1-16,23,28,34H,17-19H2. The van der Waals surface area contributed by atoms with Crippen LogP contribution in [0.2, 0.25) is 0 Å². The van der Waals surface area contributed by atoms with Crippen LogP contribution in [0.1, 0.15) is 46.1 Å². The minimum Gasteiger partial charge on any atom is -0.507 e. The molecule has 1 heterocycles. The zero-order chi connectivity index (χ0) is 25.4. The summed E-state index contributed by atoms with van der Waals surface area (Å²) in [5, 5.41) is 11.7. The van der Waals surface area contributed by atoms with E-state index in [2.05, 4.69) is 18.2 Å². The lowest BCUT2D eigenvalue weighted by Crippen LogP contribution is -2.23. The highest BCUT2D eigenvalue weighted by Gasteiger charge is 2.33. The first-order valence-electron chi connectivity index (χ1n) is 12.4. The first-order chi connectivity index (χ1) is 18.1. The van der Waals surface area contributed by atoms with E-state index in [1.54, 1.807) is 30.3 Å². The number of ether oxygens (including phenoxy) is 1. The highest BCUT2D eigenvalue weighted by molar-refractivity contribution is 5.84. The summed E-state index contributed by atoms with van der Waals surface area (Å²) in [6.45, 7) is 0.357. The van der Waals surface area contributed by atoms with Crippen molar-refractivity contribution in [3.63, 3.8) is 0 Å². The quantitative estimate of drug-likeness (QED) is 0.266. The van der Waals surface area contributed by atoms with Crippen LogP contribution in [0.5, 0.6) is 11.5 Å². The lowest BCUT2D eigenvalue weighted by atomic mass is 9.72. The third-order valence-electron chi connectivity index (χ3n) is 7.26. The normalized spacial score (nSPS) is 16.9. The molecule has 1 aromatic heterocycles. The van der Waals surface area contributed by atoms with Gasteiger partial charge in [0.05, 0.1) is 10.9 Å². The Labute approximate surface area is 213 Å². The SMILES string of the molecule is O=c1oc2ccccc2c(O)c1C1CC(c2ccc(OCc3ccc(F)cc3)cc2)Cc2ccccc21. The molecule has 1 aliphatic rings. The Morgan fingerprint density at radius 1 is 0.892 bits per heavy atom. The van der Waals surface area contributed by atoms with Gasteiger partial charge in [-0.25, -0.2) is 9.18 Å². The van der Waals surface area contributed by atoms with Gasteiger partial charge in [-0.1, -0.05) is 60.7 Å². The van der Waals surface area contributed by atoms with E-state index in [4.69, 9.17) is 9.15 Å². The second-order valence-electron chi connectivity index (χ2n) is 9.52. The molecule has 0 saturated heterocycles. The molecule has 6 rings (SSSR count). The van der Waals surface area contributed by atoms with Crippen molar-refractivity contribution < 1.29 is 18.7 Å². The van der Waals surface area contributed by atoms with Crippen molar-refractivity contribution in [2.45, 2.75) is 31.3 Å². The number of aromatic hydroxyl groups is 1. The molecule has 2 atom stereocenters. The van der Waals surface area contributed by atoms with E-state index in [-0.39, 0.29) is 23.4 Å². The van der Waals surface area contributed by atoms with Crippen LogP contribution in [0.3, 0.4) is 0 Å². The zero-order valence-corrected chi connectivity index (χ0v) is 20.1. The Kier molecular flexibility index (Phi) is 5.97. The van der Waals surface area contributed by atoms with Crippen LogP contribution in [0, 0.1) is 5.82 Å². The van der Waals surface area contributed by atoms with Crippen molar-refractivity contribution in [3.05, 3.63) is 141 Å². The fourth-order valence-electron chi connectivity index (χ4n) is 5.39. The van der Waals surface area contributed by atoms with Gasteiger partial charge in [-0.05, 0) is 77.4 Å². The number of halogens is 1. The van der Waals surface area contributed by atoms with Gasteiger partial charge in [0.15, 0.2) is 0 Å². The van der Waals surface area contributed by atoms with Crippen molar-refractivity contribution >= 4 is 11.0 Å². The maximum atomic E-state index is 13.1. The summed E-state index contributed by atoms with van der Waals surface area (Å²) >= 11 is 0. The highest BCUT2D eigenvalue weighted by atomic mass is 19.1. The van der Waals surface area contributed by atoms with E-state index in [0.29, 0.717) is 29.6 Å². The molecule has 4 nitrogen and oxygen atoms in total. The molecular weight excluding hydrogens is 467 g/mol. The number of fused-ring (bicyclic) bond motifs is 2. The lowest BCUT2D eigenvalue weighted by molar-refractivity contribution is 0.306. The van der Waals surface area contributed by atoms with E-state index in [1.807, 2.05) is 36.4 Å². The molecule has 0 saturated carbocycles. The molecule has 0 fully saturated rings. The Morgan fingerprint density at radius 3 is 2.43 bits per heavy atom. The molecule has 2 unspecified atom stereocenters. The maximum Gasteiger partial charge on any atom is 0.343 e. The Morgan fingerprint density at radius 2 is 1.62 bits per heavy atom. The van der Waals surface area contributed by atoms with E-state index < -0.39 is 5.63 Å². The van der Waals surface area contributed by atoms with Crippen LogP contribution in [0.25, 0.3) is 11.0 Å². The Hall–Kier alpha value is -4.38. The molecule has 0 amide bonds. The number of rotatable bonds is 5. The van der Waals surface area contributed by atoms with Gasteiger partial charge in [-0.3, -0.25) is 0 Å². The molecule has 0 spiro atoms. The highest BCUT2D eigenvalue weighted by Crippen LogP contribution is 2.45. The third kappa shape index (κ3) is 4.49. The lowest BCUT2D eigenvalue weighted by Gasteiger charge is -2.32.